The van der Waals surface area contributed by atoms with E-state index in [0.29, 0.717) is 28.0 Å². The summed E-state index contributed by atoms with van der Waals surface area (Å²) in [6.07, 6.45) is 1.30. The number of carbonyl (C=O) groups excluding carboxylic acids is 1. The van der Waals surface area contributed by atoms with Crippen LogP contribution in [-0.2, 0) is 0 Å². The first-order valence-corrected chi connectivity index (χ1v) is 12.0. The van der Waals surface area contributed by atoms with E-state index in [0.717, 1.165) is 31.7 Å². The number of carbonyl (C=O) groups is 1. The van der Waals surface area contributed by atoms with Gasteiger partial charge in [0.2, 0.25) is 17.7 Å². The topological polar surface area (TPSA) is 112 Å². The standard InChI is InChI=1S/C25H24ClFN8O2/c1-15-4-3-5-18(26)20(15)29-22(36)19-14-28-25(37-19)33-23-30-21(16-6-8-17(27)9-7-16)31-24(32-23)35-12-10-34(2)11-13-35/h3-9,14H,10-13H2,1-2H3,(H,29,36)(H,28,30,31,32,33). The molecule has 0 aliphatic carbocycles. The molecule has 37 heavy (non-hydrogen) atoms. The first kappa shape index (κ1) is 24.6. The molecular weight excluding hydrogens is 499 g/mol. The molecule has 1 saturated heterocycles. The van der Waals surface area contributed by atoms with Gasteiger partial charge in [0, 0.05) is 31.7 Å². The third-order valence-corrected chi connectivity index (χ3v) is 6.24. The predicted octanol–water partition coefficient (Wildman–Crippen LogP) is 4.38. The Morgan fingerprint density at radius 2 is 1.81 bits per heavy atom. The molecule has 0 bridgehead atoms. The number of amides is 1. The van der Waals surface area contributed by atoms with Crippen molar-refractivity contribution in [2.24, 2.45) is 0 Å². The monoisotopic (exact) mass is 522 g/mol. The van der Waals surface area contributed by atoms with Crippen molar-refractivity contribution in [1.82, 2.24) is 24.8 Å². The van der Waals surface area contributed by atoms with Gasteiger partial charge in [0.15, 0.2) is 5.82 Å². The van der Waals surface area contributed by atoms with E-state index >= 15 is 0 Å². The number of hydrogen-bond donors (Lipinski definition) is 2. The van der Waals surface area contributed by atoms with E-state index in [4.69, 9.17) is 16.0 Å². The third kappa shape index (κ3) is 5.68. The van der Waals surface area contributed by atoms with Gasteiger partial charge in [0.1, 0.15) is 5.82 Å². The van der Waals surface area contributed by atoms with Gasteiger partial charge in [-0.25, -0.2) is 9.37 Å². The van der Waals surface area contributed by atoms with Crippen LogP contribution in [-0.4, -0.2) is 64.0 Å². The van der Waals surface area contributed by atoms with Crippen molar-refractivity contribution in [2.45, 2.75) is 6.92 Å². The lowest BCUT2D eigenvalue weighted by Crippen LogP contribution is -2.45. The molecule has 1 fully saturated rings. The Morgan fingerprint density at radius 3 is 2.54 bits per heavy atom. The van der Waals surface area contributed by atoms with Gasteiger partial charge in [-0.05, 0) is 49.9 Å². The lowest BCUT2D eigenvalue weighted by atomic mass is 10.2. The number of benzene rings is 2. The molecule has 3 heterocycles. The molecule has 2 N–H and O–H groups in total. The summed E-state index contributed by atoms with van der Waals surface area (Å²) in [7, 11) is 2.06. The van der Waals surface area contributed by atoms with Crippen molar-refractivity contribution < 1.29 is 13.6 Å². The number of nitrogens with one attached hydrogen (secondary N) is 2. The normalized spacial score (nSPS) is 14.0. The van der Waals surface area contributed by atoms with Crippen molar-refractivity contribution >= 4 is 41.1 Å². The van der Waals surface area contributed by atoms with E-state index in [2.05, 4.69) is 47.4 Å². The molecule has 12 heteroatoms. The molecule has 1 amide bonds. The first-order chi connectivity index (χ1) is 17.9. The quantitative estimate of drug-likeness (QED) is 0.381. The van der Waals surface area contributed by atoms with E-state index in [1.807, 2.05) is 13.0 Å². The molecule has 5 rings (SSSR count). The second-order valence-electron chi connectivity index (χ2n) is 8.62. The minimum Gasteiger partial charge on any atom is -0.418 e. The third-order valence-electron chi connectivity index (χ3n) is 5.92. The zero-order valence-electron chi connectivity index (χ0n) is 20.2. The maximum absolute atomic E-state index is 13.5. The van der Waals surface area contributed by atoms with Gasteiger partial charge in [-0.15, -0.1) is 0 Å². The summed E-state index contributed by atoms with van der Waals surface area (Å²) in [6.45, 7) is 5.06. The van der Waals surface area contributed by atoms with Gasteiger partial charge in [-0.2, -0.15) is 15.0 Å². The molecule has 0 spiro atoms. The lowest BCUT2D eigenvalue weighted by Gasteiger charge is -2.32. The highest BCUT2D eigenvalue weighted by Crippen LogP contribution is 2.27. The van der Waals surface area contributed by atoms with Crippen LogP contribution in [0.1, 0.15) is 16.1 Å². The Kier molecular flexibility index (Phi) is 6.97. The van der Waals surface area contributed by atoms with Gasteiger partial charge in [0.25, 0.3) is 5.91 Å². The van der Waals surface area contributed by atoms with E-state index < -0.39 is 5.91 Å². The van der Waals surface area contributed by atoms with Crippen LogP contribution < -0.4 is 15.5 Å². The Morgan fingerprint density at radius 1 is 1.05 bits per heavy atom. The van der Waals surface area contributed by atoms with Crippen LogP contribution >= 0.6 is 11.6 Å². The van der Waals surface area contributed by atoms with Gasteiger partial charge in [0.05, 0.1) is 16.9 Å². The highest BCUT2D eigenvalue weighted by atomic mass is 35.5. The van der Waals surface area contributed by atoms with Crippen molar-refractivity contribution in [3.05, 3.63) is 70.8 Å². The number of halogens is 2. The summed E-state index contributed by atoms with van der Waals surface area (Å²) in [6, 6.07) is 11.3. The van der Waals surface area contributed by atoms with E-state index in [1.54, 1.807) is 24.3 Å². The number of anilines is 4. The molecule has 0 atom stereocenters. The number of aromatic nitrogens is 4. The molecule has 190 valence electrons. The zero-order chi connectivity index (χ0) is 25.9. The number of para-hydroxylation sites is 1. The van der Waals surface area contributed by atoms with E-state index in [9.17, 15) is 9.18 Å². The molecule has 1 aliphatic rings. The van der Waals surface area contributed by atoms with Crippen LogP contribution in [0, 0.1) is 12.7 Å². The summed E-state index contributed by atoms with van der Waals surface area (Å²) < 4.78 is 19.1. The Hall–Kier alpha value is -4.09. The number of likely N-dealkylation sites (N-methyl/N-ethyl adjacent to an activating group) is 1. The average molecular weight is 523 g/mol. The smallest absolute Gasteiger partial charge is 0.302 e. The maximum Gasteiger partial charge on any atom is 0.302 e. The minimum atomic E-state index is -0.502. The highest BCUT2D eigenvalue weighted by Gasteiger charge is 2.21. The van der Waals surface area contributed by atoms with Crippen molar-refractivity contribution in [3.8, 4) is 11.4 Å². The van der Waals surface area contributed by atoms with Crippen molar-refractivity contribution in [2.75, 3.05) is 48.8 Å². The molecule has 2 aromatic carbocycles. The highest BCUT2D eigenvalue weighted by molar-refractivity contribution is 6.34. The largest absolute Gasteiger partial charge is 0.418 e. The first-order valence-electron chi connectivity index (χ1n) is 11.6. The number of piperazine rings is 1. The van der Waals surface area contributed by atoms with Gasteiger partial charge in [-0.1, -0.05) is 23.7 Å². The Labute approximate surface area is 217 Å². The fourth-order valence-electron chi connectivity index (χ4n) is 3.79. The Balaban J connectivity index is 1.40. The summed E-state index contributed by atoms with van der Waals surface area (Å²) in [5.41, 5.74) is 1.94. The average Bonchev–Trinajstić information content (AvgIpc) is 3.35. The van der Waals surface area contributed by atoms with E-state index in [-0.39, 0.29) is 23.5 Å². The summed E-state index contributed by atoms with van der Waals surface area (Å²) >= 11 is 6.21. The number of aryl methyl sites for hydroxylation is 1. The van der Waals surface area contributed by atoms with Crippen LogP contribution in [0.25, 0.3) is 11.4 Å². The molecule has 0 saturated carbocycles. The second-order valence-corrected chi connectivity index (χ2v) is 9.03. The Bertz CT molecular complexity index is 1400. The van der Waals surface area contributed by atoms with Crippen LogP contribution in [0.3, 0.4) is 0 Å². The summed E-state index contributed by atoms with van der Waals surface area (Å²) in [5.74, 6) is 0.146. The van der Waals surface area contributed by atoms with Crippen LogP contribution in [0.2, 0.25) is 5.02 Å². The molecule has 4 aromatic rings. The minimum absolute atomic E-state index is 0.0195. The number of rotatable bonds is 6. The maximum atomic E-state index is 13.5. The van der Waals surface area contributed by atoms with Crippen LogP contribution in [0.4, 0.5) is 28.0 Å². The molecule has 2 aromatic heterocycles. The number of nitrogens with zero attached hydrogens (tertiary/aromatic N) is 6. The fourth-order valence-corrected chi connectivity index (χ4v) is 4.06. The van der Waals surface area contributed by atoms with E-state index in [1.165, 1.54) is 18.3 Å². The van der Waals surface area contributed by atoms with Gasteiger partial charge in [-0.3, -0.25) is 10.1 Å². The fraction of sp³-hybridized carbons (Fsp3) is 0.240. The summed E-state index contributed by atoms with van der Waals surface area (Å²) in [5, 5.41) is 6.08. The zero-order valence-corrected chi connectivity index (χ0v) is 21.0. The molecule has 0 unspecified atom stereocenters. The van der Waals surface area contributed by atoms with Crippen molar-refractivity contribution in [3.63, 3.8) is 0 Å². The van der Waals surface area contributed by atoms with Crippen molar-refractivity contribution in [1.29, 1.82) is 0 Å². The van der Waals surface area contributed by atoms with Gasteiger partial charge < -0.3 is 19.5 Å². The summed E-state index contributed by atoms with van der Waals surface area (Å²) in [4.78, 5) is 34.8. The molecule has 0 radical (unpaired) electrons. The van der Waals surface area contributed by atoms with Gasteiger partial charge >= 0.3 is 6.01 Å². The predicted molar refractivity (Wildman–Crippen MR) is 139 cm³/mol. The SMILES string of the molecule is Cc1cccc(Cl)c1NC(=O)c1cnc(Nc2nc(-c3ccc(F)cc3)nc(N3CCN(C)CC3)n2)o1. The molecular formula is C25H24ClFN8O2. The van der Waals surface area contributed by atoms with Crippen LogP contribution in [0.15, 0.2) is 53.1 Å². The molecule has 10 nitrogen and oxygen atoms in total. The number of oxazole rings is 1. The number of hydrogen-bond acceptors (Lipinski definition) is 9. The molecule has 1 aliphatic heterocycles. The van der Waals surface area contributed by atoms with Crippen LogP contribution in [0.5, 0.6) is 0 Å². The lowest BCUT2D eigenvalue weighted by molar-refractivity contribution is 0.0997. The second kappa shape index (κ2) is 10.5.